The minimum atomic E-state index is -1.05. The third-order valence-electron chi connectivity index (χ3n) is 2.16. The number of Topliss-reactive ketones (excluding diaryl/α,β-unsaturated/α-hetero) is 2. The summed E-state index contributed by atoms with van der Waals surface area (Å²) in [6.45, 7) is 0. The van der Waals surface area contributed by atoms with Crippen LogP contribution in [0.2, 0.25) is 0 Å². The summed E-state index contributed by atoms with van der Waals surface area (Å²) in [5, 5.41) is 0. The molecule has 1 fully saturated rings. The lowest BCUT2D eigenvalue weighted by Crippen LogP contribution is -2.20. The fourth-order valence-electron chi connectivity index (χ4n) is 1.39. The van der Waals surface area contributed by atoms with Crippen molar-refractivity contribution in [2.24, 2.45) is 11.8 Å². The number of carbonyl (C=O) groups is 2. The Bertz CT molecular complexity index is 321. The Morgan fingerprint density at radius 3 is 2.58 bits per heavy atom. The zero-order valence-electron chi connectivity index (χ0n) is 5.68. The third kappa shape index (κ3) is 0.932. The van der Waals surface area contributed by atoms with E-state index in [2.05, 4.69) is 15.9 Å². The molecule has 2 nitrogen and oxygen atoms in total. The van der Waals surface area contributed by atoms with Crippen LogP contribution in [-0.2, 0) is 9.59 Å². The van der Waals surface area contributed by atoms with Gasteiger partial charge in [-0.15, -0.1) is 23.2 Å². The molecule has 2 atom stereocenters. The molecule has 0 unspecified atom stereocenters. The number of alkyl halides is 2. The molecule has 2 aliphatic rings. The molecule has 0 aromatic heterocycles. The van der Waals surface area contributed by atoms with Crippen LogP contribution in [0.4, 0.5) is 0 Å². The highest BCUT2D eigenvalue weighted by molar-refractivity contribution is 9.12. The summed E-state index contributed by atoms with van der Waals surface area (Å²) in [5.41, 5.74) is 0. The second-order valence-electron chi connectivity index (χ2n) is 2.89. The van der Waals surface area contributed by atoms with Crippen molar-refractivity contribution in [3.63, 3.8) is 0 Å². The van der Waals surface area contributed by atoms with Crippen LogP contribution >= 0.6 is 39.1 Å². The summed E-state index contributed by atoms with van der Waals surface area (Å²) in [6, 6.07) is 0. The van der Waals surface area contributed by atoms with Crippen molar-refractivity contribution in [3.8, 4) is 0 Å². The highest BCUT2D eigenvalue weighted by Crippen LogP contribution is 2.62. The highest BCUT2D eigenvalue weighted by atomic mass is 79.9. The minimum absolute atomic E-state index is 0.194. The number of halogens is 3. The quantitative estimate of drug-likeness (QED) is 0.497. The molecule has 12 heavy (non-hydrogen) atoms. The topological polar surface area (TPSA) is 34.1 Å². The van der Waals surface area contributed by atoms with Crippen molar-refractivity contribution in [2.75, 3.05) is 0 Å². The van der Waals surface area contributed by atoms with Crippen molar-refractivity contribution < 1.29 is 9.59 Å². The van der Waals surface area contributed by atoms with Gasteiger partial charge >= 0.3 is 0 Å². The first-order valence-electron chi connectivity index (χ1n) is 3.30. The Kier molecular flexibility index (Phi) is 1.70. The summed E-state index contributed by atoms with van der Waals surface area (Å²) < 4.78 is -0.778. The van der Waals surface area contributed by atoms with Crippen LogP contribution < -0.4 is 0 Å². The van der Waals surface area contributed by atoms with Gasteiger partial charge in [0.25, 0.3) is 0 Å². The van der Waals surface area contributed by atoms with Gasteiger partial charge in [-0.1, -0.05) is 6.08 Å². The Labute approximate surface area is 87.0 Å². The Balaban J connectivity index is 2.42. The molecule has 2 aliphatic carbocycles. The molecule has 0 aliphatic heterocycles. The van der Waals surface area contributed by atoms with Gasteiger partial charge in [-0.2, -0.15) is 0 Å². The van der Waals surface area contributed by atoms with E-state index in [1.807, 2.05) is 0 Å². The average Bonchev–Trinajstić information content (AvgIpc) is 2.49. The summed E-state index contributed by atoms with van der Waals surface area (Å²) in [6.07, 6.45) is 1.61. The second kappa shape index (κ2) is 2.34. The molecule has 0 aromatic rings. The van der Waals surface area contributed by atoms with Gasteiger partial charge < -0.3 is 0 Å². The predicted molar refractivity (Wildman–Crippen MR) is 48.4 cm³/mol. The van der Waals surface area contributed by atoms with Crippen molar-refractivity contribution in [3.05, 3.63) is 10.6 Å². The van der Waals surface area contributed by atoms with Gasteiger partial charge in [-0.3, -0.25) is 9.59 Å². The van der Waals surface area contributed by atoms with Crippen LogP contribution in [0.25, 0.3) is 0 Å². The smallest absolute Gasteiger partial charge is 0.235 e. The molecule has 0 radical (unpaired) electrons. The van der Waals surface area contributed by atoms with Gasteiger partial charge in [-0.25, -0.2) is 0 Å². The maximum absolute atomic E-state index is 11.2. The molecule has 5 heteroatoms. The zero-order valence-corrected chi connectivity index (χ0v) is 8.78. The Morgan fingerprint density at radius 1 is 1.42 bits per heavy atom. The van der Waals surface area contributed by atoms with Gasteiger partial charge in [0.15, 0.2) is 0 Å². The van der Waals surface area contributed by atoms with Crippen molar-refractivity contribution in [1.29, 1.82) is 0 Å². The normalized spacial score (nSPS) is 37.4. The average molecular weight is 270 g/mol. The number of fused-ring (bicyclic) bond motifs is 1. The number of rotatable bonds is 0. The number of ketones is 2. The summed E-state index contributed by atoms with van der Waals surface area (Å²) in [7, 11) is 0. The van der Waals surface area contributed by atoms with E-state index in [-0.39, 0.29) is 10.4 Å². The summed E-state index contributed by atoms with van der Waals surface area (Å²) in [4.78, 5) is 22.3. The number of allylic oxidation sites excluding steroid dienone is 2. The van der Waals surface area contributed by atoms with E-state index in [9.17, 15) is 9.59 Å². The van der Waals surface area contributed by atoms with Gasteiger partial charge in [-0.05, 0) is 15.9 Å². The molecule has 0 aromatic carbocycles. The van der Waals surface area contributed by atoms with Crippen molar-refractivity contribution >= 4 is 50.7 Å². The van der Waals surface area contributed by atoms with E-state index in [0.717, 1.165) is 0 Å². The van der Waals surface area contributed by atoms with E-state index in [1.54, 1.807) is 6.08 Å². The SMILES string of the molecule is O=C1C(=O)[C@H]2[C@@H](C=C1Br)C2(Cl)Cl. The van der Waals surface area contributed by atoms with Crippen LogP contribution in [0, 0.1) is 11.8 Å². The van der Waals surface area contributed by atoms with E-state index in [1.165, 1.54) is 0 Å². The molecule has 0 N–H and O–H groups in total. The molecule has 64 valence electrons. The zero-order chi connectivity index (χ0) is 9.09. The molecule has 0 spiro atoms. The largest absolute Gasteiger partial charge is 0.290 e. The van der Waals surface area contributed by atoms with E-state index in [0.29, 0.717) is 0 Å². The van der Waals surface area contributed by atoms with Crippen molar-refractivity contribution in [1.82, 2.24) is 0 Å². The minimum Gasteiger partial charge on any atom is -0.290 e. The van der Waals surface area contributed by atoms with Crippen LogP contribution in [0.5, 0.6) is 0 Å². The van der Waals surface area contributed by atoms with Gasteiger partial charge in [0.1, 0.15) is 4.33 Å². The summed E-state index contributed by atoms with van der Waals surface area (Å²) >= 11 is 14.5. The number of hydrogen-bond donors (Lipinski definition) is 0. The maximum Gasteiger partial charge on any atom is 0.235 e. The second-order valence-corrected chi connectivity index (χ2v) is 5.18. The van der Waals surface area contributed by atoms with Crippen LogP contribution in [-0.4, -0.2) is 15.9 Å². The number of hydrogen-bond acceptors (Lipinski definition) is 2. The molecule has 0 heterocycles. The van der Waals surface area contributed by atoms with Gasteiger partial charge in [0, 0.05) is 5.92 Å². The van der Waals surface area contributed by atoms with Crippen LogP contribution in [0.3, 0.4) is 0 Å². The summed E-state index contributed by atoms with van der Waals surface area (Å²) in [5.74, 6) is -1.73. The standard InChI is InChI=1S/C7H3BrCl2O2/c8-3-1-2-4(7(2,9)10)6(12)5(3)11/h1-2,4H/t2-,4-/m1/s1. The molecule has 0 bridgehead atoms. The van der Waals surface area contributed by atoms with Gasteiger partial charge in [0.2, 0.25) is 11.6 Å². The molecular weight excluding hydrogens is 267 g/mol. The fourth-order valence-corrected chi connectivity index (χ4v) is 2.59. The maximum atomic E-state index is 11.2. The first-order valence-corrected chi connectivity index (χ1v) is 4.85. The Morgan fingerprint density at radius 2 is 2.00 bits per heavy atom. The molecular formula is C7H3BrCl2O2. The highest BCUT2D eigenvalue weighted by Gasteiger charge is 2.68. The van der Waals surface area contributed by atoms with E-state index in [4.69, 9.17) is 23.2 Å². The molecule has 0 saturated heterocycles. The lowest BCUT2D eigenvalue weighted by Gasteiger charge is -2.01. The van der Waals surface area contributed by atoms with Gasteiger partial charge in [0.05, 0.1) is 10.4 Å². The first-order chi connectivity index (χ1) is 5.46. The lowest BCUT2D eigenvalue weighted by molar-refractivity contribution is -0.135. The monoisotopic (exact) mass is 268 g/mol. The van der Waals surface area contributed by atoms with Crippen LogP contribution in [0.1, 0.15) is 0 Å². The van der Waals surface area contributed by atoms with E-state index < -0.39 is 21.8 Å². The lowest BCUT2D eigenvalue weighted by atomic mass is 10.1. The van der Waals surface area contributed by atoms with Crippen molar-refractivity contribution in [2.45, 2.75) is 4.33 Å². The molecule has 1 saturated carbocycles. The Hall–Kier alpha value is 0.140. The number of carbonyl (C=O) groups excluding carboxylic acids is 2. The first kappa shape index (κ1) is 8.73. The van der Waals surface area contributed by atoms with Crippen LogP contribution in [0.15, 0.2) is 10.6 Å². The fraction of sp³-hybridized carbons (Fsp3) is 0.429. The molecule has 2 rings (SSSR count). The predicted octanol–water partition coefficient (Wildman–Crippen LogP) is 1.84. The molecule has 0 amide bonds. The van der Waals surface area contributed by atoms with E-state index >= 15 is 0 Å². The third-order valence-corrected chi connectivity index (χ3v) is 3.76.